The molecule has 8 heteroatoms. The number of anilines is 1. The van der Waals surface area contributed by atoms with Crippen LogP contribution in [0.25, 0.3) is 11.4 Å². The molecule has 7 nitrogen and oxygen atoms in total. The van der Waals surface area contributed by atoms with Crippen molar-refractivity contribution in [1.82, 2.24) is 14.8 Å². The number of nitrogens with one attached hydrogen (secondary N) is 1. The molecule has 4 aromatic rings. The first-order chi connectivity index (χ1) is 15.0. The second-order valence-electron chi connectivity index (χ2n) is 7.04. The molecule has 4 rings (SSSR count). The van der Waals surface area contributed by atoms with Gasteiger partial charge in [0.25, 0.3) is 0 Å². The number of furan rings is 1. The summed E-state index contributed by atoms with van der Waals surface area (Å²) in [6.45, 7) is 3.89. The summed E-state index contributed by atoms with van der Waals surface area (Å²) in [6, 6.07) is 17.0. The van der Waals surface area contributed by atoms with Crippen LogP contribution in [0.3, 0.4) is 0 Å². The Balaban J connectivity index is 1.32. The maximum absolute atomic E-state index is 12.4. The summed E-state index contributed by atoms with van der Waals surface area (Å²) in [7, 11) is 1.87. The summed E-state index contributed by atoms with van der Waals surface area (Å²) in [5, 5.41) is 12.0. The Hall–Kier alpha value is -3.52. The van der Waals surface area contributed by atoms with E-state index in [1.807, 2.05) is 80.1 Å². The number of ether oxygens (including phenoxy) is 1. The predicted octanol–water partition coefficient (Wildman–Crippen LogP) is 5.22. The lowest BCUT2D eigenvalue weighted by atomic mass is 10.2. The van der Waals surface area contributed by atoms with Gasteiger partial charge in [-0.25, -0.2) is 0 Å². The van der Waals surface area contributed by atoms with Crippen LogP contribution in [0.15, 0.2) is 70.4 Å². The molecule has 0 aliphatic heterocycles. The summed E-state index contributed by atoms with van der Waals surface area (Å²) in [4.78, 5) is 12.4. The lowest BCUT2D eigenvalue weighted by Gasteiger charge is -2.08. The summed E-state index contributed by atoms with van der Waals surface area (Å²) < 4.78 is 13.0. The van der Waals surface area contributed by atoms with Gasteiger partial charge in [-0.2, -0.15) is 0 Å². The Labute approximate surface area is 184 Å². The van der Waals surface area contributed by atoms with Crippen molar-refractivity contribution in [3.63, 3.8) is 0 Å². The maximum atomic E-state index is 12.4. The minimum Gasteiger partial charge on any atom is -0.469 e. The van der Waals surface area contributed by atoms with E-state index in [1.165, 1.54) is 11.8 Å². The molecule has 0 unspecified atom stereocenters. The highest BCUT2D eigenvalue weighted by Crippen LogP contribution is 2.26. The van der Waals surface area contributed by atoms with E-state index in [2.05, 4.69) is 15.5 Å². The normalized spacial score (nSPS) is 10.8. The molecule has 2 aromatic heterocycles. The number of carbonyl (C=O) groups excluding carboxylic acids is 1. The minimum absolute atomic E-state index is 0.124. The molecular formula is C23H22N4O3S. The van der Waals surface area contributed by atoms with Crippen LogP contribution in [0.4, 0.5) is 5.69 Å². The van der Waals surface area contributed by atoms with Crippen molar-refractivity contribution in [1.29, 1.82) is 0 Å². The molecule has 0 saturated heterocycles. The highest BCUT2D eigenvalue weighted by Gasteiger charge is 2.16. The van der Waals surface area contributed by atoms with Crippen LogP contribution in [0.1, 0.15) is 11.3 Å². The Morgan fingerprint density at radius 1 is 1.10 bits per heavy atom. The second kappa shape index (κ2) is 9.09. The number of rotatable bonds is 7. The van der Waals surface area contributed by atoms with E-state index in [0.717, 1.165) is 22.6 Å². The number of aryl methyl sites for hydroxylation is 2. The van der Waals surface area contributed by atoms with Crippen LogP contribution >= 0.6 is 11.8 Å². The van der Waals surface area contributed by atoms with Crippen molar-refractivity contribution in [2.24, 2.45) is 7.05 Å². The topological polar surface area (TPSA) is 82.2 Å². The molecule has 0 atom stereocenters. The molecule has 0 radical (unpaired) electrons. The van der Waals surface area contributed by atoms with E-state index in [0.29, 0.717) is 22.4 Å². The van der Waals surface area contributed by atoms with E-state index in [9.17, 15) is 4.79 Å². The number of aromatic nitrogens is 3. The summed E-state index contributed by atoms with van der Waals surface area (Å²) in [6.07, 6.45) is 1.62. The Kier molecular flexibility index (Phi) is 6.08. The lowest BCUT2D eigenvalue weighted by Crippen LogP contribution is -2.14. The Morgan fingerprint density at radius 3 is 2.61 bits per heavy atom. The van der Waals surface area contributed by atoms with E-state index >= 15 is 0 Å². The fourth-order valence-electron chi connectivity index (χ4n) is 3.04. The molecule has 2 heterocycles. The van der Waals surface area contributed by atoms with Crippen molar-refractivity contribution in [3.05, 3.63) is 72.2 Å². The van der Waals surface area contributed by atoms with Crippen molar-refractivity contribution in [2.45, 2.75) is 19.0 Å². The maximum Gasteiger partial charge on any atom is 0.234 e. The lowest BCUT2D eigenvalue weighted by molar-refractivity contribution is -0.113. The largest absolute Gasteiger partial charge is 0.469 e. The average Bonchev–Trinajstić information content (AvgIpc) is 3.33. The van der Waals surface area contributed by atoms with Crippen LogP contribution < -0.4 is 10.1 Å². The predicted molar refractivity (Wildman–Crippen MR) is 120 cm³/mol. The van der Waals surface area contributed by atoms with E-state index < -0.39 is 0 Å². The monoisotopic (exact) mass is 434 g/mol. The van der Waals surface area contributed by atoms with Crippen LogP contribution in [0.5, 0.6) is 11.5 Å². The van der Waals surface area contributed by atoms with Crippen molar-refractivity contribution < 1.29 is 13.9 Å². The Morgan fingerprint density at radius 2 is 1.90 bits per heavy atom. The molecule has 2 aromatic carbocycles. The average molecular weight is 435 g/mol. The zero-order valence-corrected chi connectivity index (χ0v) is 18.3. The molecule has 0 aliphatic rings. The van der Waals surface area contributed by atoms with Crippen LogP contribution in [0.2, 0.25) is 0 Å². The smallest absolute Gasteiger partial charge is 0.234 e. The van der Waals surface area contributed by atoms with Gasteiger partial charge in [-0.15, -0.1) is 10.2 Å². The van der Waals surface area contributed by atoms with Gasteiger partial charge in [0, 0.05) is 12.7 Å². The van der Waals surface area contributed by atoms with E-state index in [1.54, 1.807) is 6.26 Å². The minimum atomic E-state index is -0.124. The molecule has 1 N–H and O–H groups in total. The van der Waals surface area contributed by atoms with Crippen molar-refractivity contribution in [2.75, 3.05) is 11.1 Å². The molecule has 1 amide bonds. The van der Waals surface area contributed by atoms with Gasteiger partial charge >= 0.3 is 0 Å². The van der Waals surface area contributed by atoms with Gasteiger partial charge in [0.05, 0.1) is 17.6 Å². The molecule has 158 valence electrons. The first-order valence-electron chi connectivity index (χ1n) is 9.70. The zero-order valence-electron chi connectivity index (χ0n) is 17.5. The van der Waals surface area contributed by atoms with Gasteiger partial charge < -0.3 is 19.0 Å². The molecule has 0 fully saturated rings. The Bertz CT molecular complexity index is 1200. The van der Waals surface area contributed by atoms with Crippen molar-refractivity contribution >= 4 is 23.4 Å². The van der Waals surface area contributed by atoms with Gasteiger partial charge in [0.2, 0.25) is 5.91 Å². The number of nitrogens with zero attached hydrogens (tertiary/aromatic N) is 3. The van der Waals surface area contributed by atoms with Crippen LogP contribution in [0, 0.1) is 13.8 Å². The second-order valence-corrected chi connectivity index (χ2v) is 7.98. The number of benzene rings is 2. The first kappa shape index (κ1) is 20.7. The van der Waals surface area contributed by atoms with Crippen molar-refractivity contribution in [3.8, 4) is 22.9 Å². The van der Waals surface area contributed by atoms with E-state index in [-0.39, 0.29) is 11.7 Å². The molecule has 31 heavy (non-hydrogen) atoms. The fraction of sp³-hybridized carbons (Fsp3) is 0.174. The van der Waals surface area contributed by atoms with Gasteiger partial charge in [-0.1, -0.05) is 23.9 Å². The molecular weight excluding hydrogens is 412 g/mol. The van der Waals surface area contributed by atoms with Gasteiger partial charge in [-0.3, -0.25) is 4.79 Å². The summed E-state index contributed by atoms with van der Waals surface area (Å²) >= 11 is 1.33. The third-order valence-corrected chi connectivity index (χ3v) is 5.65. The first-order valence-corrected chi connectivity index (χ1v) is 10.7. The highest BCUT2D eigenvalue weighted by atomic mass is 32.2. The summed E-state index contributed by atoms with van der Waals surface area (Å²) in [5.41, 5.74) is 2.72. The fourth-order valence-corrected chi connectivity index (χ4v) is 3.75. The quantitative estimate of drug-likeness (QED) is 0.402. The standard InChI is InChI=1S/C23H22N4O3S/c1-15-5-4-6-19(13-15)30-18-9-7-17(8-10-18)24-21(28)14-31-23-26-25-22(27(23)3)20-11-12-29-16(20)2/h4-13H,14H2,1-3H3,(H,24,28). The highest BCUT2D eigenvalue weighted by molar-refractivity contribution is 7.99. The molecule has 0 bridgehead atoms. The van der Waals surface area contributed by atoms with E-state index in [4.69, 9.17) is 9.15 Å². The zero-order chi connectivity index (χ0) is 21.8. The van der Waals surface area contributed by atoms with Gasteiger partial charge in [-0.05, 0) is 61.9 Å². The van der Waals surface area contributed by atoms with Crippen LogP contribution in [-0.2, 0) is 11.8 Å². The third-order valence-electron chi connectivity index (χ3n) is 4.63. The SMILES string of the molecule is Cc1cccc(Oc2ccc(NC(=O)CSc3nnc(-c4ccoc4C)n3C)cc2)c1. The van der Waals surface area contributed by atoms with Gasteiger partial charge in [0.1, 0.15) is 17.3 Å². The number of carbonyl (C=O) groups is 1. The molecule has 0 spiro atoms. The van der Waals surface area contributed by atoms with Crippen LogP contribution in [-0.4, -0.2) is 26.4 Å². The number of hydrogen-bond donors (Lipinski definition) is 1. The molecule has 0 aliphatic carbocycles. The number of amides is 1. The summed E-state index contributed by atoms with van der Waals surface area (Å²) in [5.74, 6) is 3.07. The number of hydrogen-bond acceptors (Lipinski definition) is 6. The molecule has 0 saturated carbocycles. The third kappa shape index (κ3) is 4.97. The van der Waals surface area contributed by atoms with Gasteiger partial charge in [0.15, 0.2) is 11.0 Å². The number of thioether (sulfide) groups is 1.